The molecule has 6 nitrogen and oxygen atoms in total. The van der Waals surface area contributed by atoms with Gasteiger partial charge in [-0.2, -0.15) is 0 Å². The zero-order valence-electron chi connectivity index (χ0n) is 18.9. The molecule has 1 aliphatic carbocycles. The van der Waals surface area contributed by atoms with Gasteiger partial charge < -0.3 is 15.4 Å². The quantitative estimate of drug-likeness (QED) is 0.659. The number of thiophene rings is 1. The second-order valence-electron chi connectivity index (χ2n) is 9.86. The first-order chi connectivity index (χ1) is 14.9. The topological polar surface area (TPSA) is 71.7 Å². The van der Waals surface area contributed by atoms with E-state index in [0.29, 0.717) is 5.92 Å². The van der Waals surface area contributed by atoms with Gasteiger partial charge in [0.1, 0.15) is 11.4 Å². The lowest BCUT2D eigenvalue weighted by Crippen LogP contribution is -2.47. The third-order valence-electron chi connectivity index (χ3n) is 7.01. The van der Waals surface area contributed by atoms with Crippen LogP contribution in [-0.4, -0.2) is 54.3 Å². The zero-order chi connectivity index (χ0) is 21.8. The fraction of sp³-hybridized carbons (Fsp3) is 0.667. The lowest BCUT2D eigenvalue weighted by Gasteiger charge is -2.37. The Labute approximate surface area is 189 Å². The van der Waals surface area contributed by atoms with Crippen LogP contribution in [0.2, 0.25) is 0 Å². The SMILES string of the molecule is CC(C)(CC1CCC(CCN2CCN(c3nccc4sccc34)CC2)CC1)OC(N)=O. The molecule has 0 unspecified atom stereocenters. The van der Waals surface area contributed by atoms with Crippen molar-refractivity contribution in [2.75, 3.05) is 37.6 Å². The molecule has 4 rings (SSSR count). The molecule has 1 amide bonds. The van der Waals surface area contributed by atoms with Crippen LogP contribution < -0.4 is 10.6 Å². The predicted octanol–water partition coefficient (Wildman–Crippen LogP) is 4.88. The largest absolute Gasteiger partial charge is 0.444 e. The molecule has 1 aliphatic heterocycles. The van der Waals surface area contributed by atoms with E-state index in [0.717, 1.165) is 44.3 Å². The normalized spacial score (nSPS) is 23.2. The molecule has 0 atom stereocenters. The summed E-state index contributed by atoms with van der Waals surface area (Å²) in [6, 6.07) is 4.31. The number of fused-ring (bicyclic) bond motifs is 1. The van der Waals surface area contributed by atoms with E-state index in [1.54, 1.807) is 11.3 Å². The average molecular weight is 445 g/mol. The Balaban J connectivity index is 1.17. The van der Waals surface area contributed by atoms with Crippen LogP contribution in [0.5, 0.6) is 0 Å². The van der Waals surface area contributed by atoms with Crippen molar-refractivity contribution >= 4 is 33.3 Å². The first-order valence-corrected chi connectivity index (χ1v) is 12.6. The standard InChI is InChI=1S/C24H36N4O2S/c1-24(2,30-23(25)29)17-19-5-3-18(4-6-19)8-11-27-12-14-28(15-13-27)22-20-9-16-31-21(20)7-10-26-22/h7,9-10,16,18-19H,3-6,8,11-15,17H2,1-2H3,(H2,25,29). The van der Waals surface area contributed by atoms with E-state index in [4.69, 9.17) is 10.5 Å². The number of anilines is 1. The van der Waals surface area contributed by atoms with Gasteiger partial charge in [-0.1, -0.05) is 25.7 Å². The second-order valence-corrected chi connectivity index (χ2v) is 10.8. The summed E-state index contributed by atoms with van der Waals surface area (Å²) in [4.78, 5) is 20.8. The van der Waals surface area contributed by atoms with Gasteiger partial charge in [-0.05, 0) is 62.6 Å². The van der Waals surface area contributed by atoms with Crippen molar-refractivity contribution in [2.45, 2.75) is 58.0 Å². The Morgan fingerprint density at radius 1 is 1.16 bits per heavy atom. The van der Waals surface area contributed by atoms with Gasteiger partial charge in [0.15, 0.2) is 0 Å². The fourth-order valence-electron chi connectivity index (χ4n) is 5.41. The van der Waals surface area contributed by atoms with E-state index >= 15 is 0 Å². The Morgan fingerprint density at radius 3 is 2.58 bits per heavy atom. The summed E-state index contributed by atoms with van der Waals surface area (Å²) in [5.41, 5.74) is 4.75. The molecule has 1 saturated carbocycles. The highest BCUT2D eigenvalue weighted by molar-refractivity contribution is 7.17. The number of amides is 1. The van der Waals surface area contributed by atoms with Crippen molar-refractivity contribution in [1.29, 1.82) is 0 Å². The van der Waals surface area contributed by atoms with Gasteiger partial charge in [0, 0.05) is 42.5 Å². The number of carbonyl (C=O) groups is 1. The summed E-state index contributed by atoms with van der Waals surface area (Å²) < 4.78 is 6.60. The van der Waals surface area contributed by atoms with E-state index < -0.39 is 11.7 Å². The molecule has 2 N–H and O–H groups in total. The summed E-state index contributed by atoms with van der Waals surface area (Å²) in [6.07, 6.45) is 8.55. The summed E-state index contributed by atoms with van der Waals surface area (Å²) in [7, 11) is 0. The van der Waals surface area contributed by atoms with Gasteiger partial charge in [-0.3, -0.25) is 4.90 Å². The number of hydrogen-bond donors (Lipinski definition) is 1. The van der Waals surface area contributed by atoms with Crippen LogP contribution in [0.25, 0.3) is 10.1 Å². The summed E-state index contributed by atoms with van der Waals surface area (Å²) in [5, 5.41) is 3.45. The number of hydrogen-bond acceptors (Lipinski definition) is 6. The number of primary amides is 1. The van der Waals surface area contributed by atoms with Crippen molar-refractivity contribution in [3.8, 4) is 0 Å². The molecule has 1 saturated heterocycles. The highest BCUT2D eigenvalue weighted by atomic mass is 32.1. The number of aromatic nitrogens is 1. The predicted molar refractivity (Wildman–Crippen MR) is 128 cm³/mol. The van der Waals surface area contributed by atoms with Crippen LogP contribution >= 0.6 is 11.3 Å². The first kappa shape index (κ1) is 22.3. The zero-order valence-corrected chi connectivity index (χ0v) is 19.7. The molecule has 2 fully saturated rings. The molecular weight excluding hydrogens is 408 g/mol. The van der Waals surface area contributed by atoms with Crippen molar-refractivity contribution in [1.82, 2.24) is 9.88 Å². The Hall–Kier alpha value is -1.86. The van der Waals surface area contributed by atoms with Crippen LogP contribution in [0.1, 0.15) is 52.4 Å². The van der Waals surface area contributed by atoms with Crippen LogP contribution in [0.4, 0.5) is 10.6 Å². The molecule has 0 aromatic carbocycles. The minimum Gasteiger partial charge on any atom is -0.444 e. The molecule has 31 heavy (non-hydrogen) atoms. The van der Waals surface area contributed by atoms with Crippen molar-refractivity contribution < 1.29 is 9.53 Å². The number of ether oxygens (including phenoxy) is 1. The van der Waals surface area contributed by atoms with Gasteiger partial charge in [-0.15, -0.1) is 11.3 Å². The minimum atomic E-state index is -0.665. The molecule has 0 radical (unpaired) electrons. The number of piperazine rings is 1. The van der Waals surface area contributed by atoms with Crippen LogP contribution in [0.3, 0.4) is 0 Å². The van der Waals surface area contributed by atoms with Gasteiger partial charge in [0.05, 0.1) is 0 Å². The maximum Gasteiger partial charge on any atom is 0.405 e. The van der Waals surface area contributed by atoms with Gasteiger partial charge >= 0.3 is 6.09 Å². The monoisotopic (exact) mass is 444 g/mol. The van der Waals surface area contributed by atoms with E-state index in [-0.39, 0.29) is 0 Å². The highest BCUT2D eigenvalue weighted by Gasteiger charge is 2.30. The summed E-state index contributed by atoms with van der Waals surface area (Å²) in [6.45, 7) is 9.50. The Bertz CT molecular complexity index is 867. The molecule has 7 heteroatoms. The Morgan fingerprint density at radius 2 is 1.87 bits per heavy atom. The van der Waals surface area contributed by atoms with E-state index in [1.807, 2.05) is 20.0 Å². The third kappa shape index (κ3) is 5.89. The fourth-order valence-corrected chi connectivity index (χ4v) is 6.19. The first-order valence-electron chi connectivity index (χ1n) is 11.7. The molecule has 0 bridgehead atoms. The van der Waals surface area contributed by atoms with Crippen molar-refractivity contribution in [3.05, 3.63) is 23.7 Å². The molecule has 3 heterocycles. The van der Waals surface area contributed by atoms with Gasteiger partial charge in [-0.25, -0.2) is 9.78 Å². The highest BCUT2D eigenvalue weighted by Crippen LogP contribution is 2.36. The second kappa shape index (κ2) is 9.74. The number of nitrogens with zero attached hydrogens (tertiary/aromatic N) is 3. The number of carbonyl (C=O) groups excluding carboxylic acids is 1. The molecule has 2 aromatic rings. The molecule has 0 spiro atoms. The number of nitrogens with two attached hydrogens (primary N) is 1. The molecule has 2 aliphatic rings. The van der Waals surface area contributed by atoms with Crippen LogP contribution in [0.15, 0.2) is 23.7 Å². The molecular formula is C24H36N4O2S. The maximum absolute atomic E-state index is 11.1. The average Bonchev–Trinajstić information content (AvgIpc) is 3.21. The van der Waals surface area contributed by atoms with Crippen molar-refractivity contribution in [2.24, 2.45) is 17.6 Å². The van der Waals surface area contributed by atoms with Crippen LogP contribution in [-0.2, 0) is 4.74 Å². The summed E-state index contributed by atoms with van der Waals surface area (Å²) >= 11 is 1.79. The number of pyridine rings is 1. The summed E-state index contributed by atoms with van der Waals surface area (Å²) in [5.74, 6) is 2.62. The lowest BCUT2D eigenvalue weighted by atomic mass is 9.76. The van der Waals surface area contributed by atoms with E-state index in [9.17, 15) is 4.79 Å². The van der Waals surface area contributed by atoms with E-state index in [1.165, 1.54) is 48.7 Å². The van der Waals surface area contributed by atoms with E-state index in [2.05, 4.69) is 32.3 Å². The third-order valence-corrected chi connectivity index (χ3v) is 7.89. The van der Waals surface area contributed by atoms with Crippen molar-refractivity contribution in [3.63, 3.8) is 0 Å². The Kier molecular flexibility index (Phi) is 7.02. The van der Waals surface area contributed by atoms with Crippen LogP contribution in [0, 0.1) is 11.8 Å². The maximum atomic E-state index is 11.1. The smallest absolute Gasteiger partial charge is 0.405 e. The van der Waals surface area contributed by atoms with Gasteiger partial charge in [0.2, 0.25) is 0 Å². The molecule has 170 valence electrons. The number of rotatable bonds is 7. The minimum absolute atomic E-state index is 0.453. The van der Waals surface area contributed by atoms with Gasteiger partial charge in [0.25, 0.3) is 0 Å². The molecule has 2 aromatic heterocycles. The lowest BCUT2D eigenvalue weighted by molar-refractivity contribution is 0.0193.